The van der Waals surface area contributed by atoms with Crippen molar-refractivity contribution >= 4 is 11.9 Å². The van der Waals surface area contributed by atoms with Gasteiger partial charge in [-0.2, -0.15) is 0 Å². The fourth-order valence-corrected chi connectivity index (χ4v) is 3.39. The van der Waals surface area contributed by atoms with Crippen LogP contribution in [-0.2, 0) is 16.0 Å². The van der Waals surface area contributed by atoms with Crippen LogP contribution in [0.15, 0.2) is 30.3 Å². The van der Waals surface area contributed by atoms with Crippen molar-refractivity contribution in [2.75, 3.05) is 13.1 Å². The molecule has 138 valence electrons. The van der Waals surface area contributed by atoms with Crippen LogP contribution in [0.5, 0.6) is 0 Å². The van der Waals surface area contributed by atoms with Gasteiger partial charge in [-0.15, -0.1) is 0 Å². The largest absolute Gasteiger partial charge is 0.481 e. The Bertz CT molecular complexity index is 539. The summed E-state index contributed by atoms with van der Waals surface area (Å²) in [6.45, 7) is 3.89. The molecule has 1 fully saturated rings. The number of nitrogens with one attached hydrogen (secondary N) is 1. The van der Waals surface area contributed by atoms with Crippen molar-refractivity contribution in [3.05, 3.63) is 35.9 Å². The van der Waals surface area contributed by atoms with Crippen LogP contribution in [0, 0.1) is 0 Å². The lowest BCUT2D eigenvalue weighted by Crippen LogP contribution is -2.49. The minimum atomic E-state index is -0.826. The van der Waals surface area contributed by atoms with E-state index in [1.165, 1.54) is 12.8 Å². The van der Waals surface area contributed by atoms with Crippen LogP contribution in [0.1, 0.15) is 51.0 Å². The molecule has 0 aromatic heterocycles. The van der Waals surface area contributed by atoms with Crippen molar-refractivity contribution in [3.8, 4) is 0 Å². The number of hydrogen-bond donors (Lipinski definition) is 2. The third-order valence-corrected chi connectivity index (χ3v) is 4.95. The molecule has 1 aliphatic heterocycles. The average molecular weight is 346 g/mol. The van der Waals surface area contributed by atoms with Gasteiger partial charge in [0, 0.05) is 12.5 Å². The second kappa shape index (κ2) is 10.2. The summed E-state index contributed by atoms with van der Waals surface area (Å²) in [5, 5.41) is 12.1. The Morgan fingerprint density at radius 2 is 1.76 bits per heavy atom. The summed E-state index contributed by atoms with van der Waals surface area (Å²) in [4.78, 5) is 25.9. The first-order chi connectivity index (χ1) is 12.1. The van der Waals surface area contributed by atoms with Crippen LogP contribution in [-0.4, -0.2) is 47.1 Å². The fraction of sp³-hybridized carbons (Fsp3) is 0.600. The smallest absolute Gasteiger partial charge is 0.303 e. The summed E-state index contributed by atoms with van der Waals surface area (Å²) >= 11 is 0. The molecule has 2 rings (SSSR count). The standard InChI is InChI=1S/C20H30N2O3/c1-16(22-13-7-2-3-8-14-22)20(25)21-18(11-12-19(23)24)15-17-9-5-4-6-10-17/h4-6,9-10,16,18H,2-3,7-8,11-15H2,1H3,(H,21,25)(H,23,24). The Balaban J connectivity index is 1.95. The lowest BCUT2D eigenvalue weighted by Gasteiger charge is -2.28. The molecular weight excluding hydrogens is 316 g/mol. The fourth-order valence-electron chi connectivity index (χ4n) is 3.39. The van der Waals surface area contributed by atoms with Gasteiger partial charge in [0.2, 0.25) is 5.91 Å². The SMILES string of the molecule is CC(C(=O)NC(CCC(=O)O)Cc1ccccc1)N1CCCCCC1. The minimum absolute atomic E-state index is 0.00761. The molecule has 1 saturated heterocycles. The molecule has 2 atom stereocenters. The first-order valence-corrected chi connectivity index (χ1v) is 9.36. The lowest BCUT2D eigenvalue weighted by molar-refractivity contribution is -0.137. The molecule has 1 aliphatic rings. The van der Waals surface area contributed by atoms with Gasteiger partial charge < -0.3 is 10.4 Å². The van der Waals surface area contributed by atoms with E-state index in [4.69, 9.17) is 5.11 Å². The molecule has 5 nitrogen and oxygen atoms in total. The Kier molecular flexibility index (Phi) is 7.92. The van der Waals surface area contributed by atoms with E-state index in [9.17, 15) is 9.59 Å². The van der Waals surface area contributed by atoms with Crippen LogP contribution >= 0.6 is 0 Å². The van der Waals surface area contributed by atoms with E-state index in [0.29, 0.717) is 12.8 Å². The Morgan fingerprint density at radius 3 is 2.36 bits per heavy atom. The summed E-state index contributed by atoms with van der Waals surface area (Å²) in [6, 6.07) is 9.59. The van der Waals surface area contributed by atoms with Crippen molar-refractivity contribution in [2.24, 2.45) is 0 Å². The number of aliphatic carboxylic acids is 1. The van der Waals surface area contributed by atoms with Crippen LogP contribution < -0.4 is 5.32 Å². The number of carbonyl (C=O) groups excluding carboxylic acids is 1. The van der Waals surface area contributed by atoms with Crippen LogP contribution in [0.4, 0.5) is 0 Å². The summed E-state index contributed by atoms with van der Waals surface area (Å²) in [6.07, 6.45) is 5.93. The zero-order chi connectivity index (χ0) is 18.1. The molecule has 1 aromatic rings. The highest BCUT2D eigenvalue weighted by Crippen LogP contribution is 2.14. The van der Waals surface area contributed by atoms with E-state index >= 15 is 0 Å². The first kappa shape index (κ1) is 19.4. The monoisotopic (exact) mass is 346 g/mol. The first-order valence-electron chi connectivity index (χ1n) is 9.36. The summed E-state index contributed by atoms with van der Waals surface area (Å²) < 4.78 is 0. The van der Waals surface area contributed by atoms with E-state index in [2.05, 4.69) is 10.2 Å². The molecule has 1 aromatic carbocycles. The molecule has 2 N–H and O–H groups in total. The van der Waals surface area contributed by atoms with Crippen LogP contribution in [0.3, 0.4) is 0 Å². The number of likely N-dealkylation sites (tertiary alicyclic amines) is 1. The lowest BCUT2D eigenvalue weighted by atomic mass is 10.0. The number of carbonyl (C=O) groups is 2. The highest BCUT2D eigenvalue weighted by atomic mass is 16.4. The molecule has 5 heteroatoms. The number of rotatable bonds is 8. The molecule has 2 unspecified atom stereocenters. The van der Waals surface area contributed by atoms with Crippen molar-refractivity contribution in [2.45, 2.75) is 64.0 Å². The van der Waals surface area contributed by atoms with Gasteiger partial charge in [0.25, 0.3) is 0 Å². The van der Waals surface area contributed by atoms with Gasteiger partial charge in [-0.25, -0.2) is 0 Å². The number of nitrogens with zero attached hydrogens (tertiary/aromatic N) is 1. The summed E-state index contributed by atoms with van der Waals surface area (Å²) in [5.41, 5.74) is 1.11. The molecule has 0 radical (unpaired) electrons. The van der Waals surface area contributed by atoms with E-state index in [1.807, 2.05) is 37.3 Å². The topological polar surface area (TPSA) is 69.6 Å². The third-order valence-electron chi connectivity index (χ3n) is 4.95. The van der Waals surface area contributed by atoms with E-state index in [0.717, 1.165) is 31.5 Å². The second-order valence-electron chi connectivity index (χ2n) is 6.95. The van der Waals surface area contributed by atoms with Gasteiger partial charge >= 0.3 is 5.97 Å². The molecule has 1 amide bonds. The molecule has 0 spiro atoms. The number of hydrogen-bond acceptors (Lipinski definition) is 3. The highest BCUT2D eigenvalue weighted by Gasteiger charge is 2.24. The number of benzene rings is 1. The predicted octanol–water partition coefficient (Wildman–Crippen LogP) is 2.84. The zero-order valence-electron chi connectivity index (χ0n) is 15.1. The van der Waals surface area contributed by atoms with Gasteiger partial charge in [-0.05, 0) is 51.3 Å². The molecule has 25 heavy (non-hydrogen) atoms. The van der Waals surface area contributed by atoms with Gasteiger partial charge in [-0.3, -0.25) is 14.5 Å². The molecule has 0 saturated carbocycles. The third kappa shape index (κ3) is 6.86. The van der Waals surface area contributed by atoms with Crippen molar-refractivity contribution in [1.82, 2.24) is 10.2 Å². The van der Waals surface area contributed by atoms with Crippen molar-refractivity contribution in [1.29, 1.82) is 0 Å². The number of carboxylic acid groups (broad SMARTS) is 1. The predicted molar refractivity (Wildman–Crippen MR) is 98.4 cm³/mol. The summed E-state index contributed by atoms with van der Waals surface area (Å²) in [7, 11) is 0. The average Bonchev–Trinajstić information content (AvgIpc) is 2.89. The Morgan fingerprint density at radius 1 is 1.12 bits per heavy atom. The highest BCUT2D eigenvalue weighted by molar-refractivity contribution is 5.81. The normalized spacial score (nSPS) is 18.1. The Hall–Kier alpha value is -1.88. The zero-order valence-corrected chi connectivity index (χ0v) is 15.1. The number of amides is 1. The van der Waals surface area contributed by atoms with Gasteiger partial charge in [-0.1, -0.05) is 43.2 Å². The minimum Gasteiger partial charge on any atom is -0.481 e. The maximum atomic E-state index is 12.7. The van der Waals surface area contributed by atoms with Gasteiger partial charge in [0.15, 0.2) is 0 Å². The van der Waals surface area contributed by atoms with Gasteiger partial charge in [0.1, 0.15) is 0 Å². The Labute approximate surface area is 150 Å². The maximum absolute atomic E-state index is 12.7. The van der Waals surface area contributed by atoms with Crippen LogP contribution in [0.2, 0.25) is 0 Å². The quantitative estimate of drug-likeness (QED) is 0.759. The number of carboxylic acids is 1. The van der Waals surface area contributed by atoms with Crippen molar-refractivity contribution in [3.63, 3.8) is 0 Å². The van der Waals surface area contributed by atoms with E-state index in [1.54, 1.807) is 0 Å². The molecule has 0 bridgehead atoms. The van der Waals surface area contributed by atoms with Gasteiger partial charge in [0.05, 0.1) is 6.04 Å². The second-order valence-corrected chi connectivity index (χ2v) is 6.95. The van der Waals surface area contributed by atoms with Crippen molar-refractivity contribution < 1.29 is 14.7 Å². The molecule has 1 heterocycles. The van der Waals surface area contributed by atoms with Crippen LogP contribution in [0.25, 0.3) is 0 Å². The molecule has 0 aliphatic carbocycles. The van der Waals surface area contributed by atoms with E-state index < -0.39 is 5.97 Å². The maximum Gasteiger partial charge on any atom is 0.303 e. The summed E-state index contributed by atoms with van der Waals surface area (Å²) in [5.74, 6) is -0.818. The molecular formula is C20H30N2O3. The van der Waals surface area contributed by atoms with E-state index in [-0.39, 0.29) is 24.4 Å².